The van der Waals surface area contributed by atoms with E-state index in [9.17, 15) is 9.18 Å². The fourth-order valence-corrected chi connectivity index (χ4v) is 3.59. The van der Waals surface area contributed by atoms with Crippen LogP contribution in [0.4, 0.5) is 4.39 Å². The van der Waals surface area contributed by atoms with E-state index in [1.807, 2.05) is 72.9 Å². The van der Waals surface area contributed by atoms with Gasteiger partial charge in [-0.2, -0.15) is 0 Å². The van der Waals surface area contributed by atoms with Crippen LogP contribution in [0.15, 0.2) is 72.9 Å². The highest BCUT2D eigenvalue weighted by Gasteiger charge is 2.17. The summed E-state index contributed by atoms with van der Waals surface area (Å²) in [5, 5.41) is 2.81. The molecular weight excluding hydrogens is 353 g/mol. The molecule has 4 rings (SSSR count). The average molecular weight is 375 g/mol. The van der Waals surface area contributed by atoms with Crippen molar-refractivity contribution < 1.29 is 13.9 Å². The molecule has 0 bridgehead atoms. The summed E-state index contributed by atoms with van der Waals surface area (Å²) in [6, 6.07) is 21.4. The predicted octanol–water partition coefficient (Wildman–Crippen LogP) is 6.15. The van der Waals surface area contributed by atoms with Crippen molar-refractivity contribution >= 4 is 27.6 Å². The second kappa shape index (κ2) is 8.26. The van der Waals surface area contributed by atoms with Crippen molar-refractivity contribution in [3.8, 4) is 5.75 Å². The van der Waals surface area contributed by atoms with Crippen molar-refractivity contribution in [2.75, 3.05) is 6.67 Å². The molecule has 142 valence electrons. The molecule has 0 aliphatic heterocycles. The third-order valence-electron chi connectivity index (χ3n) is 4.99. The topological polar surface area (TPSA) is 31.2 Å². The first-order chi connectivity index (χ1) is 13.8. The molecule has 0 saturated heterocycles. The van der Waals surface area contributed by atoms with E-state index >= 15 is 0 Å². The molecule has 1 aromatic heterocycles. The Labute approximate surface area is 163 Å². The maximum absolute atomic E-state index is 13.0. The average Bonchev–Trinajstić information content (AvgIpc) is 3.10. The smallest absolute Gasteiger partial charge is 0.345 e. The van der Waals surface area contributed by atoms with Gasteiger partial charge in [-0.1, -0.05) is 54.6 Å². The number of fused-ring (bicyclic) bond motifs is 2. The number of ether oxygens (including phenoxy) is 1. The highest BCUT2D eigenvalue weighted by Crippen LogP contribution is 2.28. The lowest BCUT2D eigenvalue weighted by Gasteiger charge is -2.07. The molecule has 0 aliphatic carbocycles. The number of aromatic nitrogens is 1. The zero-order chi connectivity index (χ0) is 19.3. The molecule has 0 saturated carbocycles. The van der Waals surface area contributed by atoms with Gasteiger partial charge in [-0.15, -0.1) is 0 Å². The van der Waals surface area contributed by atoms with Gasteiger partial charge in [0.05, 0.1) is 12.2 Å². The molecule has 0 radical (unpaired) electrons. The van der Waals surface area contributed by atoms with Crippen LogP contribution in [-0.2, 0) is 6.54 Å². The fraction of sp³-hybridized carbons (Fsp3) is 0.208. The molecular formula is C24H22FNO2. The largest absolute Gasteiger partial charge is 0.422 e. The predicted molar refractivity (Wildman–Crippen MR) is 111 cm³/mol. The van der Waals surface area contributed by atoms with E-state index in [2.05, 4.69) is 4.57 Å². The van der Waals surface area contributed by atoms with Gasteiger partial charge in [0, 0.05) is 29.0 Å². The van der Waals surface area contributed by atoms with Crippen LogP contribution in [0.3, 0.4) is 0 Å². The first-order valence-electron chi connectivity index (χ1n) is 9.62. The van der Waals surface area contributed by atoms with Crippen molar-refractivity contribution in [2.45, 2.75) is 25.8 Å². The van der Waals surface area contributed by atoms with Gasteiger partial charge >= 0.3 is 5.97 Å². The summed E-state index contributed by atoms with van der Waals surface area (Å²) >= 11 is 0. The third kappa shape index (κ3) is 3.63. The fourth-order valence-electron chi connectivity index (χ4n) is 3.59. The van der Waals surface area contributed by atoms with E-state index in [-0.39, 0.29) is 12.6 Å². The molecule has 1 heterocycles. The van der Waals surface area contributed by atoms with E-state index < -0.39 is 0 Å². The van der Waals surface area contributed by atoms with Crippen LogP contribution in [0.1, 0.15) is 29.6 Å². The van der Waals surface area contributed by atoms with E-state index in [1.165, 1.54) is 0 Å². The Kier molecular flexibility index (Phi) is 5.38. The Bertz CT molecular complexity index is 1110. The number of aryl methyl sites for hydroxylation is 1. The number of halogens is 1. The first-order valence-corrected chi connectivity index (χ1v) is 9.62. The van der Waals surface area contributed by atoms with Crippen LogP contribution in [0.25, 0.3) is 21.7 Å². The summed E-state index contributed by atoms with van der Waals surface area (Å²) < 4.78 is 20.2. The number of alkyl halides is 1. The van der Waals surface area contributed by atoms with Gasteiger partial charge in [0.1, 0.15) is 5.75 Å². The molecule has 28 heavy (non-hydrogen) atoms. The molecule has 0 spiro atoms. The summed E-state index contributed by atoms with van der Waals surface area (Å²) in [7, 11) is 0. The summed E-state index contributed by atoms with van der Waals surface area (Å²) in [4.78, 5) is 13.0. The molecule has 0 unspecified atom stereocenters. The SMILES string of the molecule is O=C(Oc1cccc2ccccc12)c1cn(CCCCCF)c2ccccc12. The standard InChI is InChI=1S/C24H22FNO2/c25-15-6-1-7-16-26-17-21(20-12-4-5-13-22(20)26)24(27)28-23-14-8-10-18-9-2-3-11-19(18)23/h2-5,8-14,17H,1,6-7,15-16H2. The first kappa shape index (κ1) is 18.2. The second-order valence-corrected chi connectivity index (χ2v) is 6.87. The maximum Gasteiger partial charge on any atom is 0.345 e. The molecule has 0 amide bonds. The van der Waals surface area contributed by atoms with Gasteiger partial charge in [0.25, 0.3) is 0 Å². The van der Waals surface area contributed by atoms with Gasteiger partial charge in [0.15, 0.2) is 0 Å². The summed E-state index contributed by atoms with van der Waals surface area (Å²) in [5.41, 5.74) is 1.54. The Morgan fingerprint density at radius 2 is 1.61 bits per heavy atom. The Morgan fingerprint density at radius 1 is 0.857 bits per heavy atom. The molecule has 0 fully saturated rings. The number of carbonyl (C=O) groups excluding carboxylic acids is 1. The number of carbonyl (C=O) groups is 1. The number of nitrogens with zero attached hydrogens (tertiary/aromatic N) is 1. The minimum absolute atomic E-state index is 0.283. The minimum atomic E-state index is -0.366. The van der Waals surface area contributed by atoms with Crippen LogP contribution >= 0.6 is 0 Å². The van der Waals surface area contributed by atoms with Crippen molar-refractivity contribution in [3.63, 3.8) is 0 Å². The van der Waals surface area contributed by atoms with Crippen molar-refractivity contribution in [1.29, 1.82) is 0 Å². The van der Waals surface area contributed by atoms with E-state index in [4.69, 9.17) is 4.74 Å². The van der Waals surface area contributed by atoms with Crippen LogP contribution in [0, 0.1) is 0 Å². The highest BCUT2D eigenvalue weighted by molar-refractivity contribution is 6.06. The quantitative estimate of drug-likeness (QED) is 0.220. The Hall–Kier alpha value is -3.14. The van der Waals surface area contributed by atoms with E-state index in [0.717, 1.165) is 41.1 Å². The van der Waals surface area contributed by atoms with Gasteiger partial charge in [0.2, 0.25) is 0 Å². The van der Waals surface area contributed by atoms with Gasteiger partial charge < -0.3 is 9.30 Å². The monoisotopic (exact) mass is 375 g/mol. The normalized spacial score (nSPS) is 11.2. The third-order valence-corrected chi connectivity index (χ3v) is 4.99. The van der Waals surface area contributed by atoms with E-state index in [1.54, 1.807) is 0 Å². The second-order valence-electron chi connectivity index (χ2n) is 6.87. The van der Waals surface area contributed by atoms with Crippen LogP contribution < -0.4 is 4.74 Å². The van der Waals surface area contributed by atoms with Crippen molar-refractivity contribution in [2.24, 2.45) is 0 Å². The molecule has 3 nitrogen and oxygen atoms in total. The molecule has 0 aliphatic rings. The van der Waals surface area contributed by atoms with Crippen LogP contribution in [0.2, 0.25) is 0 Å². The van der Waals surface area contributed by atoms with Crippen molar-refractivity contribution in [3.05, 3.63) is 78.5 Å². The lowest BCUT2D eigenvalue weighted by molar-refractivity contribution is 0.0739. The maximum atomic E-state index is 13.0. The Morgan fingerprint density at radius 3 is 2.46 bits per heavy atom. The molecule has 0 atom stereocenters. The number of rotatable bonds is 7. The van der Waals surface area contributed by atoms with Crippen LogP contribution in [0.5, 0.6) is 5.75 Å². The summed E-state index contributed by atoms with van der Waals surface area (Å²) in [6.07, 6.45) is 4.14. The van der Waals surface area contributed by atoms with Gasteiger partial charge in [-0.25, -0.2) is 4.79 Å². The molecule has 3 aromatic carbocycles. The zero-order valence-electron chi connectivity index (χ0n) is 15.6. The minimum Gasteiger partial charge on any atom is -0.422 e. The number of esters is 1. The van der Waals surface area contributed by atoms with Crippen LogP contribution in [-0.4, -0.2) is 17.2 Å². The molecule has 4 aromatic rings. The number of hydrogen-bond donors (Lipinski definition) is 0. The summed E-state index contributed by atoms with van der Waals surface area (Å²) in [6.45, 7) is 0.469. The van der Waals surface area contributed by atoms with E-state index in [0.29, 0.717) is 17.7 Å². The molecule has 4 heteroatoms. The number of hydrogen-bond acceptors (Lipinski definition) is 2. The summed E-state index contributed by atoms with van der Waals surface area (Å²) in [5.74, 6) is 0.193. The lowest BCUT2D eigenvalue weighted by atomic mass is 10.1. The Balaban J connectivity index is 1.63. The lowest BCUT2D eigenvalue weighted by Crippen LogP contribution is -2.08. The van der Waals surface area contributed by atoms with Gasteiger partial charge in [-0.05, 0) is 36.8 Å². The number of unbranched alkanes of at least 4 members (excludes halogenated alkanes) is 2. The van der Waals surface area contributed by atoms with Gasteiger partial charge in [-0.3, -0.25) is 4.39 Å². The number of para-hydroxylation sites is 1. The molecule has 0 N–H and O–H groups in total. The van der Waals surface area contributed by atoms with Crippen molar-refractivity contribution in [1.82, 2.24) is 4.57 Å². The zero-order valence-corrected chi connectivity index (χ0v) is 15.6. The highest BCUT2D eigenvalue weighted by atomic mass is 19.1. The number of benzene rings is 3.